The molecular formula is C74H98N4O8. The van der Waals surface area contributed by atoms with Gasteiger partial charge in [-0.25, -0.2) is 0 Å². The lowest BCUT2D eigenvalue weighted by molar-refractivity contribution is -0.303. The molecule has 0 radical (unpaired) electrons. The summed E-state index contributed by atoms with van der Waals surface area (Å²) >= 11 is 0. The molecule has 6 saturated carbocycles. The summed E-state index contributed by atoms with van der Waals surface area (Å²) in [4.78, 5) is 55.8. The lowest BCUT2D eigenvalue weighted by Crippen LogP contribution is -2.77. The summed E-state index contributed by atoms with van der Waals surface area (Å²) in [5, 5.41) is 43.8. The number of fused-ring (bicyclic) bond motifs is 10. The van der Waals surface area contributed by atoms with E-state index < -0.39 is 67.7 Å². The highest BCUT2D eigenvalue weighted by Crippen LogP contribution is 2.87. The molecule has 3 aliphatic heterocycles. The molecule has 3 aromatic heterocycles. The first-order chi connectivity index (χ1) is 41.0. The number of benzene rings is 1. The van der Waals surface area contributed by atoms with Crippen LogP contribution in [0.25, 0.3) is 11.0 Å². The van der Waals surface area contributed by atoms with E-state index in [-0.39, 0.29) is 40.8 Å². The van der Waals surface area contributed by atoms with E-state index >= 15 is 19.5 Å². The zero-order chi connectivity index (χ0) is 59.7. The van der Waals surface area contributed by atoms with Gasteiger partial charge >= 0.3 is 0 Å². The van der Waals surface area contributed by atoms with Crippen molar-refractivity contribution in [3.05, 3.63) is 92.6 Å². The Morgan fingerprint density at radius 1 is 0.849 bits per heavy atom. The van der Waals surface area contributed by atoms with Gasteiger partial charge in [-0.15, -0.1) is 0 Å². The van der Waals surface area contributed by atoms with Crippen LogP contribution in [0.4, 0.5) is 0 Å². The Balaban J connectivity index is 0.922. The van der Waals surface area contributed by atoms with Crippen LogP contribution in [-0.4, -0.2) is 97.9 Å². The van der Waals surface area contributed by atoms with Crippen molar-refractivity contribution in [2.45, 2.75) is 249 Å². The first-order valence-electron chi connectivity index (χ1n) is 34.4. The minimum Gasteiger partial charge on any atom is -0.392 e. The highest BCUT2D eigenvalue weighted by molar-refractivity contribution is 6.02. The van der Waals surface area contributed by atoms with Gasteiger partial charge in [0.1, 0.15) is 17.7 Å². The molecule has 6 N–H and O–H groups in total. The molecule has 6 heterocycles. The van der Waals surface area contributed by atoms with Crippen molar-refractivity contribution in [2.24, 2.45) is 55.7 Å². The first-order valence-corrected chi connectivity index (χ1v) is 34.4. The lowest BCUT2D eigenvalue weighted by Gasteiger charge is -2.79. The second-order valence-electron chi connectivity index (χ2n) is 32.9. The summed E-state index contributed by atoms with van der Waals surface area (Å²) in [5.41, 5.74) is 7.59. The van der Waals surface area contributed by atoms with Gasteiger partial charge in [0.2, 0.25) is 0 Å². The summed E-state index contributed by atoms with van der Waals surface area (Å²) < 4.78 is 14.5. The minimum absolute atomic E-state index is 0.0164. The summed E-state index contributed by atoms with van der Waals surface area (Å²) in [6, 6.07) is 6.95. The van der Waals surface area contributed by atoms with Crippen LogP contribution in [0.15, 0.2) is 47.9 Å². The molecule has 4 aromatic rings. The van der Waals surface area contributed by atoms with Crippen molar-refractivity contribution in [3.8, 4) is 0 Å². The number of ketones is 3. The number of allylic oxidation sites excluding steroid dienone is 1. The number of carbonyl (C=O) groups excluding carboxylic acids is 3. The first kappa shape index (κ1) is 57.0. The Bertz CT molecular complexity index is 3530. The van der Waals surface area contributed by atoms with Crippen LogP contribution in [0.5, 0.6) is 0 Å². The number of epoxide rings is 1. The predicted octanol–water partition coefficient (Wildman–Crippen LogP) is 12.6. The molecule has 1 aromatic carbocycles. The zero-order valence-electron chi connectivity index (χ0n) is 53.0. The molecule has 2 bridgehead atoms. The third-order valence-electron chi connectivity index (χ3n) is 28.6. The smallest absolute Gasteiger partial charge is 0.160 e. The number of ether oxygens (including phenoxy) is 2. The molecule has 0 amide bonds. The van der Waals surface area contributed by atoms with Crippen LogP contribution < -0.4 is 5.32 Å². The van der Waals surface area contributed by atoms with Gasteiger partial charge < -0.3 is 44.6 Å². The summed E-state index contributed by atoms with van der Waals surface area (Å²) in [6.45, 7) is 18.5. The number of aryl methyl sites for hydroxylation is 1. The van der Waals surface area contributed by atoms with Crippen LogP contribution in [-0.2, 0) is 48.8 Å². The van der Waals surface area contributed by atoms with Crippen LogP contribution in [0, 0.1) is 55.7 Å². The average molecular weight is 1170 g/mol. The van der Waals surface area contributed by atoms with Gasteiger partial charge in [-0.3, -0.25) is 14.4 Å². The Kier molecular flexibility index (Phi) is 12.6. The number of carbonyl (C=O) groups is 3. The molecule has 86 heavy (non-hydrogen) atoms. The number of nitrogens with one attached hydrogen (secondary N) is 3. The van der Waals surface area contributed by atoms with E-state index in [0.29, 0.717) is 88.7 Å². The van der Waals surface area contributed by atoms with Crippen LogP contribution in [0.1, 0.15) is 245 Å². The third-order valence-corrected chi connectivity index (χ3v) is 28.6. The molecule has 9 aliphatic carbocycles. The second kappa shape index (κ2) is 19.0. The third kappa shape index (κ3) is 7.35. The number of Topliss-reactive ketones (excluding diaryl/α,β-unsaturated/α-hetero) is 3. The van der Waals surface area contributed by atoms with Crippen molar-refractivity contribution in [1.29, 1.82) is 0 Å². The lowest BCUT2D eigenvalue weighted by atomic mass is 9.24. The maximum atomic E-state index is 16.6. The van der Waals surface area contributed by atoms with E-state index in [2.05, 4.69) is 91.3 Å². The van der Waals surface area contributed by atoms with E-state index in [1.165, 1.54) is 36.1 Å². The largest absolute Gasteiger partial charge is 0.392 e. The number of aliphatic hydroxyl groups is 3. The topological polar surface area (TPSA) is 182 Å². The molecule has 15 atom stereocenters. The number of aliphatic hydroxyl groups excluding tert-OH is 2. The number of rotatable bonds is 9. The number of aromatic nitrogens is 3. The van der Waals surface area contributed by atoms with E-state index in [4.69, 9.17) is 9.47 Å². The minimum atomic E-state index is -1.04. The van der Waals surface area contributed by atoms with E-state index in [0.717, 1.165) is 127 Å². The number of aromatic amines is 2. The van der Waals surface area contributed by atoms with Gasteiger partial charge in [0.25, 0.3) is 0 Å². The number of H-pyrrole nitrogens is 2. The number of hydrogen-bond donors (Lipinski definition) is 6. The quantitative estimate of drug-likeness (QED) is 0.0889. The van der Waals surface area contributed by atoms with Crippen molar-refractivity contribution in [2.75, 3.05) is 26.8 Å². The van der Waals surface area contributed by atoms with E-state index in [1.807, 2.05) is 20.9 Å². The van der Waals surface area contributed by atoms with Crippen molar-refractivity contribution < 1.29 is 39.2 Å². The standard InChI is InChI=1S/C74H98N4O8/c1-66(2)64(86-66)53(81)35-67(3)23-18-43-37-77-59-48(54-47-32-44(41-14-10-9-11-15-41)33-50(45(47)16-17-51(54)79)74(84)26-30-85-31-27-74)38-78(60(43)59)39-49-55-57(67)52(80)36-69(55,5)70(6)40-72(21-12-13-22-72)65-68(4,25-29-75-8)63(83)56-46-20-28-76-58(46)42-19-24-73(56,34-42)71(65,7)62(70)61(49)82/h20,28,32-33,37-38,41-42,49,53-54,56,61-62,64-65,75-77,81-82,84H,9-19,21-27,29-31,34-36,39-40H2,1-8H3. The van der Waals surface area contributed by atoms with Gasteiger partial charge in [0, 0.05) is 97.6 Å². The molecule has 2 saturated heterocycles. The number of nitrogens with zero attached hydrogens (tertiary/aromatic N) is 1. The van der Waals surface area contributed by atoms with Crippen molar-refractivity contribution in [3.63, 3.8) is 0 Å². The van der Waals surface area contributed by atoms with Gasteiger partial charge in [-0.1, -0.05) is 78.9 Å². The molecular weight excluding hydrogens is 1070 g/mol. The second-order valence-corrected chi connectivity index (χ2v) is 32.9. The molecule has 12 nitrogen and oxygen atoms in total. The molecule has 12 heteroatoms. The molecule has 15 unspecified atom stereocenters. The maximum Gasteiger partial charge on any atom is 0.160 e. The molecule has 8 fully saturated rings. The van der Waals surface area contributed by atoms with Crippen molar-refractivity contribution >= 4 is 28.4 Å². The van der Waals surface area contributed by atoms with Gasteiger partial charge in [-0.05, 0) is 207 Å². The predicted molar refractivity (Wildman–Crippen MR) is 331 cm³/mol. The normalized spacial score (nSPS) is 41.2. The van der Waals surface area contributed by atoms with Crippen LogP contribution >= 0.6 is 0 Å². The molecule has 16 rings (SSSR count). The highest BCUT2D eigenvalue weighted by Gasteiger charge is 2.84. The summed E-state index contributed by atoms with van der Waals surface area (Å²) in [6.07, 6.45) is 23.1. The Hall–Kier alpha value is -4.17. The summed E-state index contributed by atoms with van der Waals surface area (Å²) in [5.74, 6) is -0.164. The fourth-order valence-electron chi connectivity index (χ4n) is 25.1. The van der Waals surface area contributed by atoms with Gasteiger partial charge in [0.15, 0.2) is 5.78 Å². The molecule has 12 aliphatic rings. The summed E-state index contributed by atoms with van der Waals surface area (Å²) in [7, 11) is 2.03. The average Bonchev–Trinajstić information content (AvgIpc) is 1.12. The monoisotopic (exact) mass is 1170 g/mol. The molecule has 2 spiro atoms. The van der Waals surface area contributed by atoms with Crippen LogP contribution in [0.3, 0.4) is 0 Å². The zero-order valence-corrected chi connectivity index (χ0v) is 53.0. The van der Waals surface area contributed by atoms with Gasteiger partial charge in [-0.2, -0.15) is 0 Å². The fourth-order valence-corrected chi connectivity index (χ4v) is 25.1. The maximum absolute atomic E-state index is 16.6. The Labute approximate surface area is 509 Å². The fraction of sp³-hybridized carbons (Fsp3) is 0.716. The highest BCUT2D eigenvalue weighted by atomic mass is 16.6. The van der Waals surface area contributed by atoms with Crippen LogP contribution in [0.2, 0.25) is 0 Å². The molecule has 462 valence electrons. The Morgan fingerprint density at radius 2 is 1.60 bits per heavy atom. The van der Waals surface area contributed by atoms with Gasteiger partial charge in [0.05, 0.1) is 46.3 Å². The van der Waals surface area contributed by atoms with Crippen molar-refractivity contribution in [1.82, 2.24) is 19.9 Å². The number of hydrogen-bond acceptors (Lipinski definition) is 9. The Morgan fingerprint density at radius 3 is 2.34 bits per heavy atom. The SMILES string of the molecule is CNCCC1(C)C(=O)C2c3cc[nH]c3C3CCC2(C3)C2(C)C1C1(CCCC1)CC1(C)C2C(O)C2Cn3cc(C4C(=O)CCc5c4cc(C4CCCCC4)cc5C4(O)CCOCC4)c4[nH]cc(c43)CCC(C)(CC(O)C3OC3(C)C)C3=C2C1(C)CC3=O. The van der Waals surface area contributed by atoms with E-state index in [1.54, 1.807) is 0 Å². The van der Waals surface area contributed by atoms with E-state index in [9.17, 15) is 10.2 Å².